The molecule has 0 fully saturated rings. The van der Waals surface area contributed by atoms with E-state index in [0.717, 1.165) is 15.7 Å². The van der Waals surface area contributed by atoms with Gasteiger partial charge in [-0.15, -0.1) is 0 Å². The zero-order valence-corrected chi connectivity index (χ0v) is 7.88. The average Bonchev–Trinajstić information content (AvgIpc) is 2.09. The Labute approximate surface area is 78.7 Å². The number of halogens is 1. The van der Waals surface area contributed by atoms with Gasteiger partial charge in [-0.2, -0.15) is 5.10 Å². The normalized spacial score (nSPS) is 10.5. The summed E-state index contributed by atoms with van der Waals surface area (Å²) in [5, 5.41) is 3.42. The third-order valence-corrected chi connectivity index (χ3v) is 2.10. The minimum Gasteiger partial charge on any atom is -0.323 e. The summed E-state index contributed by atoms with van der Waals surface area (Å²) in [5.41, 5.74) is 4.16. The molecule has 0 aliphatic heterocycles. The third kappa shape index (κ3) is 1.75. The average molecular weight is 229 g/mol. The van der Waals surface area contributed by atoms with Crippen molar-refractivity contribution in [1.29, 1.82) is 0 Å². The van der Waals surface area contributed by atoms with Crippen LogP contribution in [0.15, 0.2) is 27.8 Å². The van der Waals surface area contributed by atoms with E-state index in [1.807, 2.05) is 18.2 Å². The van der Waals surface area contributed by atoms with Gasteiger partial charge in [0.15, 0.2) is 0 Å². The molecule has 5 heteroatoms. The highest BCUT2D eigenvalue weighted by Crippen LogP contribution is 2.21. The van der Waals surface area contributed by atoms with E-state index in [4.69, 9.17) is 11.7 Å². The molecule has 0 aliphatic rings. The van der Waals surface area contributed by atoms with Gasteiger partial charge in [0.05, 0.1) is 11.9 Å². The molecule has 0 radical (unpaired) electrons. The van der Waals surface area contributed by atoms with E-state index < -0.39 is 0 Å². The number of nitrogens with two attached hydrogens (primary N) is 2. The van der Waals surface area contributed by atoms with Crippen LogP contribution in [0.1, 0.15) is 5.56 Å². The van der Waals surface area contributed by atoms with Gasteiger partial charge in [-0.3, -0.25) is 5.84 Å². The number of hydrazine groups is 1. The largest absolute Gasteiger partial charge is 0.323 e. The molecule has 0 amide bonds. The van der Waals surface area contributed by atoms with Gasteiger partial charge in [-0.05, 0) is 12.1 Å². The Bertz CT molecular complexity index is 297. The zero-order valence-electron chi connectivity index (χ0n) is 6.29. The number of nitrogens with zero attached hydrogens (tertiary/aromatic N) is 1. The maximum atomic E-state index is 5.28. The van der Waals surface area contributed by atoms with Gasteiger partial charge < -0.3 is 11.3 Å². The number of anilines is 1. The van der Waals surface area contributed by atoms with Crippen LogP contribution in [0.3, 0.4) is 0 Å². The van der Waals surface area contributed by atoms with Gasteiger partial charge in [-0.1, -0.05) is 22.0 Å². The van der Waals surface area contributed by atoms with Crippen molar-refractivity contribution in [2.75, 3.05) is 5.43 Å². The smallest absolute Gasteiger partial charge is 0.0585 e. The Morgan fingerprint density at radius 3 is 2.83 bits per heavy atom. The monoisotopic (exact) mass is 228 g/mol. The Hall–Kier alpha value is -1.07. The molecule has 4 nitrogen and oxygen atoms in total. The molecule has 1 rings (SSSR count). The molecule has 0 bridgehead atoms. The van der Waals surface area contributed by atoms with Crippen molar-refractivity contribution >= 4 is 27.8 Å². The second kappa shape index (κ2) is 4.08. The maximum Gasteiger partial charge on any atom is 0.0585 e. The van der Waals surface area contributed by atoms with Crippen LogP contribution in [0, 0.1) is 0 Å². The predicted molar refractivity (Wildman–Crippen MR) is 53.7 cm³/mol. The van der Waals surface area contributed by atoms with Crippen LogP contribution in [-0.4, -0.2) is 6.21 Å². The highest BCUT2D eigenvalue weighted by atomic mass is 79.9. The lowest BCUT2D eigenvalue weighted by atomic mass is 10.2. The Morgan fingerprint density at radius 1 is 1.50 bits per heavy atom. The number of hydrogen-bond acceptors (Lipinski definition) is 4. The van der Waals surface area contributed by atoms with Crippen LogP contribution in [0.4, 0.5) is 5.69 Å². The zero-order chi connectivity index (χ0) is 8.97. The topological polar surface area (TPSA) is 76.4 Å². The minimum atomic E-state index is 0.776. The summed E-state index contributed by atoms with van der Waals surface area (Å²) in [4.78, 5) is 0. The molecule has 12 heavy (non-hydrogen) atoms. The molecule has 0 saturated carbocycles. The standard InChI is InChI=1S/C7H9BrN4/c8-6-2-1-3-7(12-10)5(6)4-11-9/h1-4,12H,9-10H2. The number of hydrazone groups is 1. The van der Waals surface area contributed by atoms with Gasteiger partial charge in [0.1, 0.15) is 0 Å². The van der Waals surface area contributed by atoms with Crippen LogP contribution >= 0.6 is 15.9 Å². The van der Waals surface area contributed by atoms with Crippen LogP contribution < -0.4 is 17.1 Å². The van der Waals surface area contributed by atoms with E-state index in [1.54, 1.807) is 0 Å². The minimum absolute atomic E-state index is 0.776. The van der Waals surface area contributed by atoms with Crippen LogP contribution in [0.25, 0.3) is 0 Å². The van der Waals surface area contributed by atoms with E-state index in [0.29, 0.717) is 0 Å². The summed E-state index contributed by atoms with van der Waals surface area (Å²) in [7, 11) is 0. The number of hydrogen-bond donors (Lipinski definition) is 3. The fourth-order valence-corrected chi connectivity index (χ4v) is 1.34. The lowest BCUT2D eigenvalue weighted by molar-refractivity contribution is 1.26. The Balaban J connectivity index is 3.19. The first kappa shape index (κ1) is 9.02. The van der Waals surface area contributed by atoms with Gasteiger partial charge in [0.2, 0.25) is 0 Å². The number of rotatable bonds is 2. The van der Waals surface area contributed by atoms with E-state index in [-0.39, 0.29) is 0 Å². The van der Waals surface area contributed by atoms with Crippen molar-refractivity contribution in [3.05, 3.63) is 28.2 Å². The summed E-state index contributed by atoms with van der Waals surface area (Å²) < 4.78 is 0.896. The first-order valence-corrected chi connectivity index (χ1v) is 4.07. The molecule has 0 heterocycles. The van der Waals surface area contributed by atoms with Crippen LogP contribution in [0.2, 0.25) is 0 Å². The second-order valence-corrected chi connectivity index (χ2v) is 2.98. The van der Waals surface area contributed by atoms with Gasteiger partial charge >= 0.3 is 0 Å². The number of benzene rings is 1. The Morgan fingerprint density at radius 2 is 2.25 bits per heavy atom. The highest BCUT2D eigenvalue weighted by Gasteiger charge is 2.01. The highest BCUT2D eigenvalue weighted by molar-refractivity contribution is 9.10. The second-order valence-electron chi connectivity index (χ2n) is 2.12. The fraction of sp³-hybridized carbons (Fsp3) is 0. The van der Waals surface area contributed by atoms with Crippen molar-refractivity contribution in [3.8, 4) is 0 Å². The van der Waals surface area contributed by atoms with Crippen molar-refractivity contribution in [2.45, 2.75) is 0 Å². The first-order chi connectivity index (χ1) is 5.79. The van der Waals surface area contributed by atoms with Gasteiger partial charge in [-0.25, -0.2) is 0 Å². The summed E-state index contributed by atoms with van der Waals surface area (Å²) in [6.07, 6.45) is 1.53. The lowest BCUT2D eigenvalue weighted by Crippen LogP contribution is -2.09. The lowest BCUT2D eigenvalue weighted by Gasteiger charge is -2.05. The molecule has 0 aliphatic carbocycles. The first-order valence-electron chi connectivity index (χ1n) is 3.28. The molecular formula is C7H9BrN4. The molecule has 5 N–H and O–H groups in total. The number of nitrogens with one attached hydrogen (secondary N) is 1. The third-order valence-electron chi connectivity index (χ3n) is 1.41. The summed E-state index contributed by atoms with van der Waals surface area (Å²) in [6, 6.07) is 5.59. The van der Waals surface area contributed by atoms with E-state index in [1.165, 1.54) is 6.21 Å². The van der Waals surface area contributed by atoms with E-state index in [9.17, 15) is 0 Å². The van der Waals surface area contributed by atoms with E-state index in [2.05, 4.69) is 26.5 Å². The quantitative estimate of drug-likeness (QED) is 0.402. The SMILES string of the molecule is NN=Cc1c(Br)cccc1NN. The maximum absolute atomic E-state index is 5.28. The molecule has 0 atom stereocenters. The molecule has 0 unspecified atom stereocenters. The van der Waals surface area contributed by atoms with Crippen molar-refractivity contribution in [3.63, 3.8) is 0 Å². The predicted octanol–water partition coefficient (Wildman–Crippen LogP) is 1.03. The molecule has 0 aromatic heterocycles. The summed E-state index contributed by atoms with van der Waals surface area (Å²) in [5.74, 6) is 10.3. The molecule has 0 saturated heterocycles. The van der Waals surface area contributed by atoms with Crippen LogP contribution in [-0.2, 0) is 0 Å². The molecule has 0 spiro atoms. The van der Waals surface area contributed by atoms with E-state index >= 15 is 0 Å². The van der Waals surface area contributed by atoms with Crippen LogP contribution in [0.5, 0.6) is 0 Å². The summed E-state index contributed by atoms with van der Waals surface area (Å²) >= 11 is 3.35. The van der Waals surface area contributed by atoms with Crippen molar-refractivity contribution in [1.82, 2.24) is 0 Å². The summed E-state index contributed by atoms with van der Waals surface area (Å²) in [6.45, 7) is 0. The van der Waals surface area contributed by atoms with Crippen molar-refractivity contribution in [2.24, 2.45) is 16.8 Å². The fourth-order valence-electron chi connectivity index (χ4n) is 0.869. The van der Waals surface area contributed by atoms with Gasteiger partial charge in [0, 0.05) is 10.0 Å². The molecular weight excluding hydrogens is 220 g/mol. The Kier molecular flexibility index (Phi) is 3.07. The van der Waals surface area contributed by atoms with Gasteiger partial charge in [0.25, 0.3) is 0 Å². The molecule has 64 valence electrons. The molecule has 1 aromatic rings. The number of nitrogen functional groups attached to an aromatic ring is 1. The van der Waals surface area contributed by atoms with Crippen molar-refractivity contribution < 1.29 is 0 Å². The molecule has 1 aromatic carbocycles.